The summed E-state index contributed by atoms with van der Waals surface area (Å²) in [5.74, 6) is 0.121. The Hall–Kier alpha value is -0.730. The van der Waals surface area contributed by atoms with Crippen molar-refractivity contribution in [3.05, 3.63) is 0 Å². The van der Waals surface area contributed by atoms with Crippen molar-refractivity contribution in [1.29, 1.82) is 10.5 Å². The molecular formula is C10H13ClN2. The monoisotopic (exact) mass is 196 g/mol. The molecule has 0 atom stereocenters. The first-order valence-electron chi connectivity index (χ1n) is 4.69. The lowest BCUT2D eigenvalue weighted by Gasteiger charge is -2.24. The molecule has 1 saturated carbocycles. The molecule has 0 aliphatic heterocycles. The van der Waals surface area contributed by atoms with Gasteiger partial charge < -0.3 is 0 Å². The molecule has 1 fully saturated rings. The summed E-state index contributed by atoms with van der Waals surface area (Å²) in [6, 6.07) is 4.03. The molecule has 0 unspecified atom stereocenters. The third kappa shape index (κ3) is 3.25. The lowest BCUT2D eigenvalue weighted by molar-refractivity contribution is 0.330. The van der Waals surface area contributed by atoms with Crippen LogP contribution in [0.15, 0.2) is 0 Å². The predicted molar refractivity (Wildman–Crippen MR) is 50.9 cm³/mol. The van der Waals surface area contributed by atoms with Crippen LogP contribution in [0.5, 0.6) is 0 Å². The maximum Gasteiger partial charge on any atom is 0.133 e. The van der Waals surface area contributed by atoms with Crippen LogP contribution in [-0.4, -0.2) is 5.38 Å². The molecule has 1 aliphatic carbocycles. The minimum atomic E-state index is -0.420. The largest absolute Gasteiger partial charge is 0.197 e. The van der Waals surface area contributed by atoms with Gasteiger partial charge in [-0.05, 0) is 38.0 Å². The molecule has 0 aromatic heterocycles. The number of halogens is 1. The van der Waals surface area contributed by atoms with Gasteiger partial charge in [-0.3, -0.25) is 0 Å². The molecule has 0 spiro atoms. The fourth-order valence-corrected chi connectivity index (χ4v) is 2.08. The van der Waals surface area contributed by atoms with Crippen LogP contribution < -0.4 is 0 Å². The van der Waals surface area contributed by atoms with Crippen LogP contribution >= 0.6 is 11.6 Å². The summed E-state index contributed by atoms with van der Waals surface area (Å²) in [7, 11) is 0. The normalized spacial score (nSPS) is 28.0. The summed E-state index contributed by atoms with van der Waals surface area (Å²) in [6.07, 6.45) is 4.96. The number of alkyl halides is 1. The number of hydrogen-bond acceptors (Lipinski definition) is 2. The van der Waals surface area contributed by atoms with E-state index in [-0.39, 0.29) is 0 Å². The van der Waals surface area contributed by atoms with Gasteiger partial charge in [-0.2, -0.15) is 10.5 Å². The van der Waals surface area contributed by atoms with Crippen LogP contribution in [0.1, 0.15) is 32.1 Å². The minimum absolute atomic E-state index is 0.318. The van der Waals surface area contributed by atoms with Gasteiger partial charge in [0.25, 0.3) is 0 Å². The Balaban J connectivity index is 2.31. The Morgan fingerprint density at radius 1 is 1.15 bits per heavy atom. The molecule has 1 rings (SSSR count). The molecule has 0 radical (unpaired) electrons. The molecule has 70 valence electrons. The van der Waals surface area contributed by atoms with Gasteiger partial charge in [-0.1, -0.05) is 0 Å². The molecule has 3 heteroatoms. The second-order valence-corrected chi connectivity index (χ2v) is 4.28. The zero-order valence-corrected chi connectivity index (χ0v) is 8.30. The van der Waals surface area contributed by atoms with Crippen LogP contribution in [0.4, 0.5) is 0 Å². The summed E-state index contributed by atoms with van der Waals surface area (Å²) >= 11 is 5.96. The molecule has 0 heterocycles. The molecule has 0 bridgehead atoms. The highest BCUT2D eigenvalue weighted by molar-refractivity contribution is 6.20. The van der Waals surface area contributed by atoms with Crippen molar-refractivity contribution in [2.75, 3.05) is 0 Å². The van der Waals surface area contributed by atoms with E-state index in [1.165, 1.54) is 0 Å². The smallest absolute Gasteiger partial charge is 0.133 e. The second kappa shape index (κ2) is 5.10. The van der Waals surface area contributed by atoms with Crippen LogP contribution in [-0.2, 0) is 0 Å². The van der Waals surface area contributed by atoms with Crippen molar-refractivity contribution in [3.8, 4) is 12.1 Å². The van der Waals surface area contributed by atoms with Crippen LogP contribution in [0.3, 0.4) is 0 Å². The van der Waals surface area contributed by atoms with Crippen molar-refractivity contribution in [1.82, 2.24) is 0 Å². The van der Waals surface area contributed by atoms with E-state index in [4.69, 9.17) is 22.1 Å². The fourth-order valence-electron chi connectivity index (χ4n) is 1.83. The number of rotatable bonds is 2. The van der Waals surface area contributed by atoms with E-state index in [0.29, 0.717) is 11.3 Å². The van der Waals surface area contributed by atoms with Crippen LogP contribution in [0.25, 0.3) is 0 Å². The van der Waals surface area contributed by atoms with Gasteiger partial charge in [-0.25, -0.2) is 0 Å². The van der Waals surface area contributed by atoms with Gasteiger partial charge in [0.15, 0.2) is 0 Å². The highest BCUT2D eigenvalue weighted by atomic mass is 35.5. The summed E-state index contributed by atoms with van der Waals surface area (Å²) < 4.78 is 0. The molecule has 13 heavy (non-hydrogen) atoms. The van der Waals surface area contributed by atoms with E-state index in [2.05, 4.69) is 0 Å². The lowest BCUT2D eigenvalue weighted by atomic mass is 9.83. The van der Waals surface area contributed by atoms with E-state index in [1.807, 2.05) is 12.1 Å². The number of hydrogen-bond donors (Lipinski definition) is 0. The topological polar surface area (TPSA) is 47.6 Å². The Bertz CT molecular complexity index is 216. The predicted octanol–water partition coefficient (Wildman–Crippen LogP) is 2.84. The number of nitriles is 2. The Morgan fingerprint density at radius 3 is 2.15 bits per heavy atom. The lowest BCUT2D eigenvalue weighted by Crippen LogP contribution is -2.16. The summed E-state index contributed by atoms with van der Waals surface area (Å²) in [4.78, 5) is 0. The Morgan fingerprint density at radius 2 is 1.69 bits per heavy atom. The van der Waals surface area contributed by atoms with E-state index >= 15 is 0 Å². The Labute approximate surface area is 84.1 Å². The average molecular weight is 197 g/mol. The van der Waals surface area contributed by atoms with Crippen LogP contribution in [0.2, 0.25) is 0 Å². The van der Waals surface area contributed by atoms with Gasteiger partial charge in [0.1, 0.15) is 5.92 Å². The fraction of sp³-hybridized carbons (Fsp3) is 0.800. The van der Waals surface area contributed by atoms with Gasteiger partial charge in [0, 0.05) is 5.38 Å². The molecule has 2 nitrogen and oxygen atoms in total. The third-order valence-corrected chi connectivity index (χ3v) is 3.09. The van der Waals surface area contributed by atoms with Gasteiger partial charge in [-0.15, -0.1) is 11.6 Å². The standard InChI is InChI=1S/C10H13ClN2/c11-10-3-1-8(2-4-10)5-9(6-12)7-13/h8-10H,1-5H2. The van der Waals surface area contributed by atoms with E-state index in [9.17, 15) is 0 Å². The van der Waals surface area contributed by atoms with Crippen LogP contribution in [0, 0.1) is 34.5 Å². The van der Waals surface area contributed by atoms with Gasteiger partial charge in [0.05, 0.1) is 12.1 Å². The van der Waals surface area contributed by atoms with Gasteiger partial charge in [0.2, 0.25) is 0 Å². The first-order chi connectivity index (χ1) is 6.26. The van der Waals surface area contributed by atoms with Crippen molar-refractivity contribution >= 4 is 11.6 Å². The average Bonchev–Trinajstić information content (AvgIpc) is 2.17. The van der Waals surface area contributed by atoms with E-state index in [0.717, 1.165) is 32.1 Å². The summed E-state index contributed by atoms with van der Waals surface area (Å²) in [6.45, 7) is 0. The quantitative estimate of drug-likeness (QED) is 0.638. The molecule has 0 aromatic carbocycles. The summed E-state index contributed by atoms with van der Waals surface area (Å²) in [5, 5.41) is 17.5. The van der Waals surface area contributed by atoms with E-state index < -0.39 is 5.92 Å². The first kappa shape index (κ1) is 10.4. The highest BCUT2D eigenvalue weighted by Crippen LogP contribution is 2.31. The van der Waals surface area contributed by atoms with Crippen molar-refractivity contribution < 1.29 is 0 Å². The molecular weight excluding hydrogens is 184 g/mol. The molecule has 1 aliphatic rings. The Kier molecular flexibility index (Phi) is 4.06. The van der Waals surface area contributed by atoms with Crippen molar-refractivity contribution in [2.45, 2.75) is 37.5 Å². The van der Waals surface area contributed by atoms with Gasteiger partial charge >= 0.3 is 0 Å². The zero-order chi connectivity index (χ0) is 9.68. The molecule has 0 N–H and O–H groups in total. The molecule has 0 amide bonds. The molecule has 0 aromatic rings. The number of nitrogens with zero attached hydrogens (tertiary/aromatic N) is 2. The third-order valence-electron chi connectivity index (χ3n) is 2.66. The highest BCUT2D eigenvalue weighted by Gasteiger charge is 2.22. The maximum absolute atomic E-state index is 8.61. The van der Waals surface area contributed by atoms with E-state index in [1.54, 1.807) is 0 Å². The first-order valence-corrected chi connectivity index (χ1v) is 5.13. The SMILES string of the molecule is N#CC(C#N)CC1CCC(Cl)CC1. The molecule has 0 saturated heterocycles. The summed E-state index contributed by atoms with van der Waals surface area (Å²) in [5.41, 5.74) is 0. The van der Waals surface area contributed by atoms with Crippen molar-refractivity contribution in [3.63, 3.8) is 0 Å². The van der Waals surface area contributed by atoms with Crippen molar-refractivity contribution in [2.24, 2.45) is 11.8 Å². The minimum Gasteiger partial charge on any atom is -0.197 e. The maximum atomic E-state index is 8.61. The zero-order valence-electron chi connectivity index (χ0n) is 7.54. The second-order valence-electron chi connectivity index (χ2n) is 3.66.